The second-order valence-corrected chi connectivity index (χ2v) is 11.6. The minimum atomic E-state index is -0.980. The number of halogens is 1. The first kappa shape index (κ1) is 28.6. The zero-order valence-electron chi connectivity index (χ0n) is 22.5. The first-order valence-corrected chi connectivity index (χ1v) is 15.0. The Balaban J connectivity index is 1.45. The summed E-state index contributed by atoms with van der Waals surface area (Å²) in [6, 6.07) is 15.7. The molecule has 1 atom stereocenters. The van der Waals surface area contributed by atoms with Crippen LogP contribution >= 0.6 is 23.1 Å². The van der Waals surface area contributed by atoms with E-state index in [9.17, 15) is 19.1 Å². The van der Waals surface area contributed by atoms with Crippen molar-refractivity contribution in [2.45, 2.75) is 49.2 Å². The van der Waals surface area contributed by atoms with Crippen molar-refractivity contribution >= 4 is 39.9 Å². The number of thioether (sulfide) groups is 1. The number of aryl methyl sites for hydroxylation is 1. The summed E-state index contributed by atoms with van der Waals surface area (Å²) in [5.74, 6) is -0.852. The monoisotopic (exact) mass is 593 g/mol. The van der Waals surface area contributed by atoms with Crippen LogP contribution in [0.5, 0.6) is 5.75 Å². The molecule has 5 rings (SSSR count). The van der Waals surface area contributed by atoms with Crippen LogP contribution in [0.25, 0.3) is 0 Å². The SMILES string of the molecule is CCCCCOc1ccc(C2C(C(=O)c3ccc(C)o3)=C(O)C(=O)N2c2nnc(SCc3ccccc3F)s2)cc1. The van der Waals surface area contributed by atoms with Gasteiger partial charge in [-0.3, -0.25) is 14.5 Å². The molecule has 0 saturated carbocycles. The highest BCUT2D eigenvalue weighted by atomic mass is 32.2. The summed E-state index contributed by atoms with van der Waals surface area (Å²) in [5, 5.41) is 19.6. The smallest absolute Gasteiger partial charge is 0.296 e. The molecule has 212 valence electrons. The number of ether oxygens (including phenoxy) is 1. The van der Waals surface area contributed by atoms with Gasteiger partial charge in [0, 0.05) is 5.75 Å². The van der Waals surface area contributed by atoms with E-state index in [2.05, 4.69) is 17.1 Å². The first-order chi connectivity index (χ1) is 19.9. The number of carbonyl (C=O) groups excluding carboxylic acids is 2. The second-order valence-electron chi connectivity index (χ2n) is 9.43. The fourth-order valence-corrected chi connectivity index (χ4v) is 6.29. The van der Waals surface area contributed by atoms with Crippen molar-refractivity contribution in [3.05, 3.63) is 100 Å². The van der Waals surface area contributed by atoms with Crippen molar-refractivity contribution in [3.8, 4) is 5.75 Å². The zero-order chi connectivity index (χ0) is 28.9. The van der Waals surface area contributed by atoms with Crippen LogP contribution in [0.2, 0.25) is 0 Å². The van der Waals surface area contributed by atoms with Crippen molar-refractivity contribution in [2.75, 3.05) is 11.5 Å². The van der Waals surface area contributed by atoms with E-state index in [1.54, 1.807) is 55.5 Å². The largest absolute Gasteiger partial charge is 0.503 e. The van der Waals surface area contributed by atoms with Gasteiger partial charge in [0.25, 0.3) is 5.91 Å². The Morgan fingerprint density at radius 3 is 2.61 bits per heavy atom. The second kappa shape index (κ2) is 12.7. The van der Waals surface area contributed by atoms with E-state index >= 15 is 0 Å². The highest BCUT2D eigenvalue weighted by Gasteiger charge is 2.46. The first-order valence-electron chi connectivity index (χ1n) is 13.2. The van der Waals surface area contributed by atoms with Gasteiger partial charge in [0.2, 0.25) is 10.9 Å². The van der Waals surface area contributed by atoms with Crippen LogP contribution < -0.4 is 9.64 Å². The lowest BCUT2D eigenvalue weighted by Gasteiger charge is -2.24. The van der Waals surface area contributed by atoms with Gasteiger partial charge in [0.05, 0.1) is 18.2 Å². The van der Waals surface area contributed by atoms with Crippen LogP contribution in [-0.4, -0.2) is 33.6 Å². The number of ketones is 1. The fourth-order valence-electron chi connectivity index (χ4n) is 4.44. The maximum absolute atomic E-state index is 14.1. The van der Waals surface area contributed by atoms with E-state index in [1.807, 2.05) is 0 Å². The van der Waals surface area contributed by atoms with E-state index in [0.717, 1.165) is 30.6 Å². The molecule has 0 saturated heterocycles. The summed E-state index contributed by atoms with van der Waals surface area (Å²) >= 11 is 2.40. The Bertz CT molecular complexity index is 1580. The molecule has 1 unspecified atom stereocenters. The van der Waals surface area contributed by atoms with E-state index in [4.69, 9.17) is 9.15 Å². The van der Waals surface area contributed by atoms with Crippen LogP contribution in [0.3, 0.4) is 0 Å². The van der Waals surface area contributed by atoms with Crippen LogP contribution in [-0.2, 0) is 10.5 Å². The van der Waals surface area contributed by atoms with Gasteiger partial charge in [-0.05, 0) is 54.8 Å². The normalized spacial score (nSPS) is 15.1. The van der Waals surface area contributed by atoms with Crippen molar-refractivity contribution < 1.29 is 28.2 Å². The molecule has 0 aliphatic carbocycles. The number of rotatable bonds is 12. The number of unbranched alkanes of at least 4 members (excludes halogenated alkanes) is 2. The Labute approximate surface area is 244 Å². The number of hydrogen-bond donors (Lipinski definition) is 1. The average molecular weight is 594 g/mol. The Morgan fingerprint density at radius 2 is 1.90 bits per heavy atom. The maximum atomic E-state index is 14.1. The molecular weight excluding hydrogens is 565 g/mol. The molecule has 0 fully saturated rings. The van der Waals surface area contributed by atoms with Crippen LogP contribution in [0.1, 0.15) is 59.7 Å². The van der Waals surface area contributed by atoms with Gasteiger partial charge in [-0.1, -0.05) is 73.2 Å². The van der Waals surface area contributed by atoms with E-state index in [-0.39, 0.29) is 22.3 Å². The van der Waals surface area contributed by atoms with Crippen LogP contribution in [0, 0.1) is 12.7 Å². The molecule has 3 heterocycles. The summed E-state index contributed by atoms with van der Waals surface area (Å²) < 4.78 is 26.0. The highest BCUT2D eigenvalue weighted by molar-refractivity contribution is 8.00. The predicted octanol–water partition coefficient (Wildman–Crippen LogP) is 7.22. The lowest BCUT2D eigenvalue weighted by molar-refractivity contribution is -0.117. The van der Waals surface area contributed by atoms with Crippen LogP contribution in [0.15, 0.2) is 80.8 Å². The van der Waals surface area contributed by atoms with Crippen molar-refractivity contribution in [1.82, 2.24) is 10.2 Å². The Morgan fingerprint density at radius 1 is 1.12 bits per heavy atom. The third kappa shape index (κ3) is 6.20. The van der Waals surface area contributed by atoms with E-state index < -0.39 is 23.5 Å². The van der Waals surface area contributed by atoms with Crippen molar-refractivity contribution in [1.29, 1.82) is 0 Å². The molecule has 1 N–H and O–H groups in total. The van der Waals surface area contributed by atoms with Gasteiger partial charge >= 0.3 is 0 Å². The highest BCUT2D eigenvalue weighted by Crippen LogP contribution is 2.44. The number of benzene rings is 2. The molecule has 0 bridgehead atoms. The third-order valence-corrected chi connectivity index (χ3v) is 8.64. The molecule has 41 heavy (non-hydrogen) atoms. The fraction of sp³-hybridized carbons (Fsp3) is 0.267. The van der Waals surface area contributed by atoms with E-state index in [1.165, 1.54) is 28.8 Å². The number of Topliss-reactive ketones (excluding diaryl/α,β-unsaturated/α-hetero) is 1. The number of carbonyl (C=O) groups is 2. The summed E-state index contributed by atoms with van der Waals surface area (Å²) in [6.45, 7) is 4.41. The number of aliphatic hydroxyl groups excluding tert-OH is 1. The molecule has 2 aromatic carbocycles. The summed E-state index contributed by atoms with van der Waals surface area (Å²) in [5.41, 5.74) is 0.977. The molecule has 1 aliphatic rings. The number of amides is 1. The Hall–Kier alpha value is -3.96. The van der Waals surface area contributed by atoms with Gasteiger partial charge in [-0.25, -0.2) is 4.39 Å². The molecule has 0 spiro atoms. The zero-order valence-corrected chi connectivity index (χ0v) is 24.1. The summed E-state index contributed by atoms with van der Waals surface area (Å²) in [7, 11) is 0. The molecule has 8 nitrogen and oxygen atoms in total. The minimum absolute atomic E-state index is 0.0120. The lowest BCUT2D eigenvalue weighted by Crippen LogP contribution is -2.31. The molecule has 4 aromatic rings. The number of aliphatic hydroxyl groups is 1. The topological polar surface area (TPSA) is 106 Å². The third-order valence-electron chi connectivity index (χ3n) is 6.54. The van der Waals surface area contributed by atoms with Gasteiger partial charge in [-0.15, -0.1) is 10.2 Å². The number of hydrogen-bond acceptors (Lipinski definition) is 9. The van der Waals surface area contributed by atoms with Gasteiger partial charge in [0.1, 0.15) is 17.3 Å². The van der Waals surface area contributed by atoms with Crippen LogP contribution in [0.4, 0.5) is 9.52 Å². The number of nitrogens with zero attached hydrogens (tertiary/aromatic N) is 3. The Kier molecular flexibility index (Phi) is 8.84. The van der Waals surface area contributed by atoms with Gasteiger partial charge < -0.3 is 14.3 Å². The predicted molar refractivity (Wildman–Crippen MR) is 155 cm³/mol. The van der Waals surface area contributed by atoms with Crippen molar-refractivity contribution in [2.24, 2.45) is 0 Å². The maximum Gasteiger partial charge on any atom is 0.296 e. The molecule has 11 heteroatoms. The lowest BCUT2D eigenvalue weighted by atomic mass is 9.95. The molecular formula is C30H28FN3O5S2. The number of aromatic nitrogens is 2. The van der Waals surface area contributed by atoms with E-state index in [0.29, 0.717) is 39.3 Å². The standard InChI is InChI=1S/C30H28FN3O5S2/c1-3-4-7-16-38-21-13-11-19(12-14-21)25-24(26(35)23-15-10-18(2)39-23)27(36)28(37)34(25)29-32-33-30(41-29)40-17-20-8-5-6-9-22(20)31/h5-6,8-15,25,36H,3-4,7,16-17H2,1-2H3. The summed E-state index contributed by atoms with van der Waals surface area (Å²) in [6.07, 6.45) is 3.10. The molecule has 1 amide bonds. The average Bonchev–Trinajstić information content (AvgIpc) is 3.69. The molecule has 1 aliphatic heterocycles. The van der Waals surface area contributed by atoms with Gasteiger partial charge in [0.15, 0.2) is 15.9 Å². The minimum Gasteiger partial charge on any atom is -0.503 e. The molecule has 0 radical (unpaired) electrons. The summed E-state index contributed by atoms with van der Waals surface area (Å²) in [4.78, 5) is 28.3. The van der Waals surface area contributed by atoms with Crippen molar-refractivity contribution in [3.63, 3.8) is 0 Å². The van der Waals surface area contributed by atoms with Gasteiger partial charge in [-0.2, -0.15) is 0 Å². The molecule has 2 aromatic heterocycles. The number of furan rings is 1. The quantitative estimate of drug-likeness (QED) is 0.0794. The number of anilines is 1.